The molecule has 0 fully saturated rings. The van der Waals surface area contributed by atoms with Crippen LogP contribution in [0.5, 0.6) is 0 Å². The number of hydrogen-bond acceptors (Lipinski definition) is 4. The van der Waals surface area contributed by atoms with Crippen molar-refractivity contribution in [3.63, 3.8) is 0 Å². The van der Waals surface area contributed by atoms with Gasteiger partial charge in [0.15, 0.2) is 6.10 Å². The molecule has 6 heteroatoms. The van der Waals surface area contributed by atoms with Crippen molar-refractivity contribution >= 4 is 23.5 Å². The Morgan fingerprint density at radius 3 is 2.28 bits per heavy atom. The molecule has 0 saturated carbocycles. The van der Waals surface area contributed by atoms with E-state index in [2.05, 4.69) is 10.6 Å². The molecule has 2 aromatic rings. The van der Waals surface area contributed by atoms with Gasteiger partial charge in [0, 0.05) is 5.69 Å². The topological polar surface area (TPSA) is 84.5 Å². The van der Waals surface area contributed by atoms with E-state index in [0.29, 0.717) is 5.69 Å². The van der Waals surface area contributed by atoms with Gasteiger partial charge in [-0.25, -0.2) is 4.79 Å². The Balaban J connectivity index is 1.93. The second-order valence-electron chi connectivity index (χ2n) is 7.39. The second kappa shape index (κ2) is 10.4. The average molecular weight is 396 g/mol. The monoisotopic (exact) mass is 396 g/mol. The average Bonchev–Trinajstić information content (AvgIpc) is 2.66. The zero-order valence-electron chi connectivity index (χ0n) is 17.3. The van der Waals surface area contributed by atoms with Crippen molar-refractivity contribution in [1.82, 2.24) is 5.32 Å². The summed E-state index contributed by atoms with van der Waals surface area (Å²) < 4.78 is 5.32. The number of carbonyl (C=O) groups excluding carboxylic acids is 3. The van der Waals surface area contributed by atoms with Gasteiger partial charge in [-0.1, -0.05) is 56.3 Å². The summed E-state index contributed by atoms with van der Waals surface area (Å²) in [5.74, 6) is -1.52. The number of hydrogen-bond donors (Lipinski definition) is 2. The molecule has 0 saturated heterocycles. The van der Waals surface area contributed by atoms with Crippen LogP contribution in [0.15, 0.2) is 54.6 Å². The Labute approximate surface area is 171 Å². The summed E-state index contributed by atoms with van der Waals surface area (Å²) in [6.07, 6.45) is -0.823. The van der Waals surface area contributed by atoms with Crippen LogP contribution < -0.4 is 10.6 Å². The molecule has 2 aromatic carbocycles. The predicted octanol–water partition coefficient (Wildman–Crippen LogP) is 3.25. The van der Waals surface area contributed by atoms with Crippen molar-refractivity contribution in [3.8, 4) is 0 Å². The van der Waals surface area contributed by atoms with Crippen molar-refractivity contribution < 1.29 is 19.1 Å². The lowest BCUT2D eigenvalue weighted by atomic mass is 10.0. The van der Waals surface area contributed by atoms with Gasteiger partial charge in [0.05, 0.1) is 6.42 Å². The number of ether oxygens (including phenoxy) is 1. The normalized spacial score (nSPS) is 12.7. The summed E-state index contributed by atoms with van der Waals surface area (Å²) >= 11 is 0. The van der Waals surface area contributed by atoms with Crippen molar-refractivity contribution in [2.24, 2.45) is 5.92 Å². The fourth-order valence-electron chi connectivity index (χ4n) is 2.77. The molecule has 0 aliphatic rings. The van der Waals surface area contributed by atoms with Crippen LogP contribution in [0.4, 0.5) is 5.69 Å². The van der Waals surface area contributed by atoms with Gasteiger partial charge in [0.2, 0.25) is 5.91 Å². The number of rotatable bonds is 8. The molecule has 29 heavy (non-hydrogen) atoms. The summed E-state index contributed by atoms with van der Waals surface area (Å²) in [4.78, 5) is 37.2. The summed E-state index contributed by atoms with van der Waals surface area (Å²) in [6, 6.07) is 15.8. The highest BCUT2D eigenvalue weighted by atomic mass is 16.5. The Morgan fingerprint density at radius 2 is 1.66 bits per heavy atom. The Kier molecular flexibility index (Phi) is 7.95. The van der Waals surface area contributed by atoms with Gasteiger partial charge in [0.1, 0.15) is 6.04 Å². The molecule has 0 aliphatic heterocycles. The van der Waals surface area contributed by atoms with Crippen LogP contribution in [0.25, 0.3) is 0 Å². The molecule has 0 aliphatic carbocycles. The lowest BCUT2D eigenvalue weighted by molar-refractivity contribution is -0.157. The largest absolute Gasteiger partial charge is 0.451 e. The van der Waals surface area contributed by atoms with Crippen LogP contribution in [0.2, 0.25) is 0 Å². The highest BCUT2D eigenvalue weighted by Crippen LogP contribution is 2.12. The van der Waals surface area contributed by atoms with Gasteiger partial charge in [-0.3, -0.25) is 9.59 Å². The Hall–Kier alpha value is -3.15. The van der Waals surface area contributed by atoms with Crippen molar-refractivity contribution in [1.29, 1.82) is 0 Å². The second-order valence-corrected chi connectivity index (χ2v) is 7.39. The first-order chi connectivity index (χ1) is 13.8. The fraction of sp³-hybridized carbons (Fsp3) is 0.348. The highest BCUT2D eigenvalue weighted by Gasteiger charge is 2.29. The minimum Gasteiger partial charge on any atom is -0.451 e. The van der Waals surface area contributed by atoms with E-state index in [1.54, 1.807) is 6.07 Å². The van der Waals surface area contributed by atoms with Gasteiger partial charge in [-0.15, -0.1) is 0 Å². The molecule has 2 unspecified atom stereocenters. The lowest BCUT2D eigenvalue weighted by Gasteiger charge is -2.23. The summed E-state index contributed by atoms with van der Waals surface area (Å²) in [7, 11) is 0. The molecule has 0 radical (unpaired) electrons. The van der Waals surface area contributed by atoms with E-state index in [-0.39, 0.29) is 18.2 Å². The van der Waals surface area contributed by atoms with E-state index in [0.717, 1.165) is 11.1 Å². The minimum absolute atomic E-state index is 0.167. The number of aryl methyl sites for hydroxylation is 1. The number of benzene rings is 2. The summed E-state index contributed by atoms with van der Waals surface area (Å²) in [5.41, 5.74) is 2.50. The Morgan fingerprint density at radius 1 is 0.966 bits per heavy atom. The molecule has 0 spiro atoms. The van der Waals surface area contributed by atoms with Gasteiger partial charge in [0.25, 0.3) is 5.91 Å². The van der Waals surface area contributed by atoms with Crippen LogP contribution in [0.1, 0.15) is 31.9 Å². The Bertz CT molecular complexity index is 849. The third kappa shape index (κ3) is 7.07. The SMILES string of the molecule is Cc1cccc(NC(=O)C(C)OC(=O)C(NC(=O)Cc2ccccc2)C(C)C)c1. The molecular weight excluding hydrogens is 368 g/mol. The van der Waals surface area contributed by atoms with Crippen molar-refractivity contribution in [2.45, 2.75) is 46.3 Å². The van der Waals surface area contributed by atoms with E-state index in [1.165, 1.54) is 6.92 Å². The molecule has 2 N–H and O–H groups in total. The maximum Gasteiger partial charge on any atom is 0.329 e. The molecule has 2 amide bonds. The number of esters is 1. The number of carbonyl (C=O) groups is 3. The molecular formula is C23H28N2O4. The standard InChI is InChI=1S/C23H28N2O4/c1-15(2)21(25-20(26)14-18-10-6-5-7-11-18)23(28)29-17(4)22(27)24-19-12-8-9-16(3)13-19/h5-13,15,17,21H,14H2,1-4H3,(H,24,27)(H,25,26). The number of amides is 2. The van der Waals surface area contributed by atoms with Gasteiger partial charge < -0.3 is 15.4 Å². The van der Waals surface area contributed by atoms with Gasteiger partial charge in [-0.05, 0) is 43.0 Å². The van der Waals surface area contributed by atoms with E-state index in [4.69, 9.17) is 4.74 Å². The molecule has 0 bridgehead atoms. The molecule has 6 nitrogen and oxygen atoms in total. The molecule has 0 heterocycles. The smallest absolute Gasteiger partial charge is 0.329 e. The van der Waals surface area contributed by atoms with E-state index < -0.39 is 24.0 Å². The summed E-state index contributed by atoms with van der Waals surface area (Å²) in [5, 5.41) is 5.45. The fourth-order valence-corrected chi connectivity index (χ4v) is 2.77. The van der Waals surface area contributed by atoms with Crippen LogP contribution in [0, 0.1) is 12.8 Å². The molecule has 2 atom stereocenters. The molecule has 2 rings (SSSR count). The minimum atomic E-state index is -0.990. The molecule has 0 aromatic heterocycles. The van der Waals surface area contributed by atoms with E-state index >= 15 is 0 Å². The van der Waals surface area contributed by atoms with Crippen LogP contribution in [0.3, 0.4) is 0 Å². The first-order valence-corrected chi connectivity index (χ1v) is 9.67. The van der Waals surface area contributed by atoms with E-state index in [1.807, 2.05) is 69.3 Å². The lowest BCUT2D eigenvalue weighted by Crippen LogP contribution is -2.47. The zero-order valence-corrected chi connectivity index (χ0v) is 17.3. The summed E-state index contributed by atoms with van der Waals surface area (Å²) in [6.45, 7) is 7.05. The first kappa shape index (κ1) is 22.1. The maximum absolute atomic E-state index is 12.6. The zero-order chi connectivity index (χ0) is 21.4. The maximum atomic E-state index is 12.6. The van der Waals surface area contributed by atoms with Crippen LogP contribution in [-0.2, 0) is 25.5 Å². The number of anilines is 1. The van der Waals surface area contributed by atoms with Crippen LogP contribution >= 0.6 is 0 Å². The first-order valence-electron chi connectivity index (χ1n) is 9.67. The van der Waals surface area contributed by atoms with Gasteiger partial charge in [-0.2, -0.15) is 0 Å². The van der Waals surface area contributed by atoms with E-state index in [9.17, 15) is 14.4 Å². The predicted molar refractivity (Wildman–Crippen MR) is 112 cm³/mol. The van der Waals surface area contributed by atoms with Crippen molar-refractivity contribution in [2.75, 3.05) is 5.32 Å². The third-order valence-corrected chi connectivity index (χ3v) is 4.39. The molecule has 154 valence electrons. The van der Waals surface area contributed by atoms with Crippen LogP contribution in [-0.4, -0.2) is 29.9 Å². The highest BCUT2D eigenvalue weighted by molar-refractivity contribution is 5.95. The van der Waals surface area contributed by atoms with Crippen molar-refractivity contribution in [3.05, 3.63) is 65.7 Å². The number of nitrogens with one attached hydrogen (secondary N) is 2. The quantitative estimate of drug-likeness (QED) is 0.671. The third-order valence-electron chi connectivity index (χ3n) is 4.39. The van der Waals surface area contributed by atoms with Gasteiger partial charge >= 0.3 is 5.97 Å².